The summed E-state index contributed by atoms with van der Waals surface area (Å²) in [6.45, 7) is 7.37. The average molecular weight is 381 g/mol. The number of hydrogen-bond acceptors (Lipinski definition) is 4. The third-order valence-electron chi connectivity index (χ3n) is 5.72. The summed E-state index contributed by atoms with van der Waals surface area (Å²) in [5.41, 5.74) is 0.721. The van der Waals surface area contributed by atoms with E-state index < -0.39 is 0 Å². The molecule has 4 rings (SSSR count). The first-order valence-electron chi connectivity index (χ1n) is 10.1. The zero-order valence-corrected chi connectivity index (χ0v) is 16.5. The van der Waals surface area contributed by atoms with Crippen molar-refractivity contribution in [2.45, 2.75) is 39.2 Å². The third-order valence-corrected chi connectivity index (χ3v) is 5.72. The van der Waals surface area contributed by atoms with Crippen molar-refractivity contribution in [2.24, 2.45) is 5.92 Å². The van der Waals surface area contributed by atoms with E-state index in [1.54, 1.807) is 0 Å². The average Bonchev–Trinajstić information content (AvgIpc) is 3.29. The standard InChI is InChI=1S/C21H27N5O2/c1-15(2)20(27)25-10-8-17(14-25)19-23-22-18-9-11-24(12-13-26(18)19)21(28)16-6-4-3-5-7-16/h3-7,15,17H,8-14H2,1-2H3. The Balaban J connectivity index is 1.46. The number of benzene rings is 1. The van der Waals surface area contributed by atoms with Crippen molar-refractivity contribution < 1.29 is 9.59 Å². The molecular weight excluding hydrogens is 354 g/mol. The van der Waals surface area contributed by atoms with Gasteiger partial charge in [-0.2, -0.15) is 0 Å². The molecule has 1 aromatic heterocycles. The summed E-state index contributed by atoms with van der Waals surface area (Å²) < 4.78 is 2.17. The maximum atomic E-state index is 12.8. The molecule has 1 atom stereocenters. The second kappa shape index (κ2) is 7.73. The summed E-state index contributed by atoms with van der Waals surface area (Å²) in [4.78, 5) is 28.9. The van der Waals surface area contributed by atoms with Crippen LogP contribution in [0.3, 0.4) is 0 Å². The fourth-order valence-corrected chi connectivity index (χ4v) is 4.15. The lowest BCUT2D eigenvalue weighted by Crippen LogP contribution is -2.34. The van der Waals surface area contributed by atoms with Gasteiger partial charge in [-0.15, -0.1) is 10.2 Å². The van der Waals surface area contributed by atoms with E-state index in [9.17, 15) is 9.59 Å². The quantitative estimate of drug-likeness (QED) is 0.815. The summed E-state index contributed by atoms with van der Waals surface area (Å²) >= 11 is 0. The Morgan fingerprint density at radius 2 is 1.79 bits per heavy atom. The molecule has 28 heavy (non-hydrogen) atoms. The lowest BCUT2D eigenvalue weighted by molar-refractivity contribution is -0.133. The normalized spacial score (nSPS) is 19.6. The van der Waals surface area contributed by atoms with Crippen LogP contribution in [-0.4, -0.2) is 62.6 Å². The molecule has 0 radical (unpaired) electrons. The van der Waals surface area contributed by atoms with Crippen molar-refractivity contribution in [3.63, 3.8) is 0 Å². The van der Waals surface area contributed by atoms with Crippen LogP contribution in [0.5, 0.6) is 0 Å². The molecule has 148 valence electrons. The van der Waals surface area contributed by atoms with Crippen LogP contribution in [0.15, 0.2) is 30.3 Å². The minimum atomic E-state index is 0.0202. The van der Waals surface area contributed by atoms with Gasteiger partial charge in [0.05, 0.1) is 0 Å². The third kappa shape index (κ3) is 3.53. The van der Waals surface area contributed by atoms with Crippen LogP contribution in [0, 0.1) is 5.92 Å². The predicted octanol–water partition coefficient (Wildman–Crippen LogP) is 1.95. The first kappa shape index (κ1) is 18.7. The van der Waals surface area contributed by atoms with Gasteiger partial charge < -0.3 is 14.4 Å². The van der Waals surface area contributed by atoms with Crippen molar-refractivity contribution in [2.75, 3.05) is 26.2 Å². The van der Waals surface area contributed by atoms with Crippen LogP contribution in [-0.2, 0) is 17.8 Å². The van der Waals surface area contributed by atoms with Gasteiger partial charge in [-0.3, -0.25) is 9.59 Å². The van der Waals surface area contributed by atoms with Crippen molar-refractivity contribution in [1.29, 1.82) is 0 Å². The molecular formula is C21H27N5O2. The number of aromatic nitrogens is 3. The first-order chi connectivity index (χ1) is 13.5. The Labute approximate surface area is 165 Å². The highest BCUT2D eigenvalue weighted by molar-refractivity contribution is 5.94. The summed E-state index contributed by atoms with van der Waals surface area (Å²) in [7, 11) is 0. The second-order valence-electron chi connectivity index (χ2n) is 7.96. The van der Waals surface area contributed by atoms with Gasteiger partial charge in [0.1, 0.15) is 11.6 Å². The predicted molar refractivity (Wildman–Crippen MR) is 105 cm³/mol. The summed E-state index contributed by atoms with van der Waals surface area (Å²) in [5.74, 6) is 2.41. The maximum absolute atomic E-state index is 12.8. The van der Waals surface area contributed by atoms with Gasteiger partial charge in [0, 0.05) is 56.5 Å². The van der Waals surface area contributed by atoms with Crippen LogP contribution in [0.4, 0.5) is 0 Å². The maximum Gasteiger partial charge on any atom is 0.253 e. The second-order valence-corrected chi connectivity index (χ2v) is 7.96. The van der Waals surface area contributed by atoms with Crippen LogP contribution in [0.1, 0.15) is 48.2 Å². The van der Waals surface area contributed by atoms with E-state index in [1.807, 2.05) is 54.0 Å². The van der Waals surface area contributed by atoms with E-state index in [0.717, 1.165) is 30.2 Å². The van der Waals surface area contributed by atoms with Gasteiger partial charge in [-0.05, 0) is 18.6 Å². The molecule has 2 aromatic rings. The van der Waals surface area contributed by atoms with Crippen molar-refractivity contribution in [1.82, 2.24) is 24.6 Å². The fraction of sp³-hybridized carbons (Fsp3) is 0.524. The molecule has 1 unspecified atom stereocenters. The zero-order chi connectivity index (χ0) is 19.7. The molecule has 1 fully saturated rings. The number of nitrogens with zero attached hydrogens (tertiary/aromatic N) is 5. The fourth-order valence-electron chi connectivity index (χ4n) is 4.15. The molecule has 2 amide bonds. The Morgan fingerprint density at radius 1 is 1.00 bits per heavy atom. The molecule has 0 saturated carbocycles. The molecule has 2 aliphatic rings. The molecule has 0 aliphatic carbocycles. The molecule has 3 heterocycles. The van der Waals surface area contributed by atoms with Gasteiger partial charge in [-0.25, -0.2) is 0 Å². The Morgan fingerprint density at radius 3 is 2.54 bits per heavy atom. The Hall–Kier alpha value is -2.70. The number of carbonyl (C=O) groups excluding carboxylic acids is 2. The number of rotatable bonds is 3. The molecule has 1 saturated heterocycles. The summed E-state index contributed by atoms with van der Waals surface area (Å²) in [5, 5.41) is 8.86. The molecule has 0 spiro atoms. The minimum absolute atomic E-state index is 0.0202. The smallest absolute Gasteiger partial charge is 0.253 e. The lowest BCUT2D eigenvalue weighted by Gasteiger charge is -2.21. The summed E-state index contributed by atoms with van der Waals surface area (Å²) in [6.07, 6.45) is 1.62. The molecule has 1 aromatic carbocycles. The molecule has 2 aliphatic heterocycles. The van der Waals surface area contributed by atoms with Gasteiger partial charge in [0.25, 0.3) is 5.91 Å². The summed E-state index contributed by atoms with van der Waals surface area (Å²) in [6, 6.07) is 9.42. The van der Waals surface area contributed by atoms with E-state index in [-0.39, 0.29) is 23.7 Å². The van der Waals surface area contributed by atoms with E-state index in [0.29, 0.717) is 32.6 Å². The van der Waals surface area contributed by atoms with Crippen LogP contribution >= 0.6 is 0 Å². The van der Waals surface area contributed by atoms with E-state index >= 15 is 0 Å². The monoisotopic (exact) mass is 381 g/mol. The Bertz CT molecular complexity index is 861. The van der Waals surface area contributed by atoms with Crippen molar-refractivity contribution in [3.05, 3.63) is 47.5 Å². The van der Waals surface area contributed by atoms with E-state index in [1.165, 1.54) is 0 Å². The van der Waals surface area contributed by atoms with Crippen LogP contribution in [0.25, 0.3) is 0 Å². The number of fused-ring (bicyclic) bond motifs is 1. The Kier molecular flexibility index (Phi) is 5.15. The highest BCUT2D eigenvalue weighted by atomic mass is 16.2. The van der Waals surface area contributed by atoms with Crippen molar-refractivity contribution >= 4 is 11.8 Å². The molecule has 7 heteroatoms. The highest BCUT2D eigenvalue weighted by Gasteiger charge is 2.33. The lowest BCUT2D eigenvalue weighted by atomic mass is 10.1. The van der Waals surface area contributed by atoms with Crippen LogP contribution in [0.2, 0.25) is 0 Å². The SMILES string of the molecule is CC(C)C(=O)N1CCC(c2nnc3n2CCN(C(=O)c2ccccc2)CC3)C1. The van der Waals surface area contributed by atoms with Gasteiger partial charge in [-0.1, -0.05) is 32.0 Å². The van der Waals surface area contributed by atoms with Crippen molar-refractivity contribution in [3.8, 4) is 0 Å². The number of hydrogen-bond donors (Lipinski definition) is 0. The molecule has 7 nitrogen and oxygen atoms in total. The topological polar surface area (TPSA) is 71.3 Å². The van der Waals surface area contributed by atoms with Gasteiger partial charge in [0.2, 0.25) is 5.91 Å². The zero-order valence-electron chi connectivity index (χ0n) is 16.5. The molecule has 0 bridgehead atoms. The largest absolute Gasteiger partial charge is 0.342 e. The first-order valence-corrected chi connectivity index (χ1v) is 10.1. The number of carbonyl (C=O) groups is 2. The van der Waals surface area contributed by atoms with Crippen LogP contribution < -0.4 is 0 Å². The highest BCUT2D eigenvalue weighted by Crippen LogP contribution is 2.28. The molecule has 0 N–H and O–H groups in total. The number of likely N-dealkylation sites (tertiary alicyclic amines) is 1. The number of amides is 2. The van der Waals surface area contributed by atoms with Gasteiger partial charge >= 0.3 is 0 Å². The minimum Gasteiger partial charge on any atom is -0.342 e. The van der Waals surface area contributed by atoms with Gasteiger partial charge in [0.15, 0.2) is 0 Å². The van der Waals surface area contributed by atoms with E-state index in [4.69, 9.17) is 0 Å². The van der Waals surface area contributed by atoms with E-state index in [2.05, 4.69) is 14.8 Å².